The Kier molecular flexibility index (Phi) is 9.89. The molecule has 0 saturated heterocycles. The number of halogens is 1. The molecule has 11 nitrogen and oxygen atoms in total. The van der Waals surface area contributed by atoms with Crippen LogP contribution in [-0.2, 0) is 4.79 Å². The Morgan fingerprint density at radius 2 is 1.81 bits per heavy atom. The molecule has 0 fully saturated rings. The van der Waals surface area contributed by atoms with Crippen LogP contribution in [0.1, 0.15) is 41.3 Å². The SMILES string of the molecule is COc1ccc2c(c1)C(c1ccc(Cl)cc1)=N[C@@H](CC(=O)NCCCNC(=O)c1cccc(O)c1O)C(N)N2C(C)N. The molecule has 12 heteroatoms. The number of anilines is 1. The molecule has 3 aromatic rings. The molecule has 42 heavy (non-hydrogen) atoms. The average Bonchev–Trinajstić information content (AvgIpc) is 3.08. The maximum atomic E-state index is 13.0. The first-order valence-corrected chi connectivity index (χ1v) is 13.9. The van der Waals surface area contributed by atoms with Gasteiger partial charge in [0.15, 0.2) is 11.5 Å². The smallest absolute Gasteiger partial charge is 0.255 e. The van der Waals surface area contributed by atoms with E-state index in [9.17, 15) is 19.8 Å². The predicted molar refractivity (Wildman–Crippen MR) is 162 cm³/mol. The van der Waals surface area contributed by atoms with Gasteiger partial charge in [0.05, 0.1) is 37.0 Å². The fourth-order valence-corrected chi connectivity index (χ4v) is 4.93. The number of carbonyl (C=O) groups excluding carboxylic acids is 2. The van der Waals surface area contributed by atoms with Gasteiger partial charge >= 0.3 is 0 Å². The molecule has 2 unspecified atom stereocenters. The van der Waals surface area contributed by atoms with Crippen molar-refractivity contribution < 1.29 is 24.5 Å². The summed E-state index contributed by atoms with van der Waals surface area (Å²) < 4.78 is 5.48. The van der Waals surface area contributed by atoms with E-state index < -0.39 is 30.0 Å². The highest BCUT2D eigenvalue weighted by atomic mass is 35.5. The first-order chi connectivity index (χ1) is 20.1. The number of rotatable bonds is 10. The summed E-state index contributed by atoms with van der Waals surface area (Å²) in [5.74, 6) is -1.02. The zero-order chi connectivity index (χ0) is 30.4. The lowest BCUT2D eigenvalue weighted by molar-refractivity contribution is -0.121. The summed E-state index contributed by atoms with van der Waals surface area (Å²) in [6, 6.07) is 16.4. The van der Waals surface area contributed by atoms with E-state index in [4.69, 9.17) is 32.8 Å². The summed E-state index contributed by atoms with van der Waals surface area (Å²) >= 11 is 6.15. The van der Waals surface area contributed by atoms with E-state index in [1.165, 1.54) is 18.2 Å². The standard InChI is InChI=1S/C30H35ClN6O5/c1-17(32)37-24-12-11-20(42-2)15-22(24)27(18-7-9-19(31)10-8-18)36-23(29(37)33)16-26(39)34-13-4-14-35-30(41)21-5-3-6-25(38)28(21)40/h3,5-12,15,17,23,29,38,40H,4,13-14,16,32-33H2,1-2H3,(H,34,39)(H,35,41)/t17?,23-,29?/m0/s1. The number of nitrogens with one attached hydrogen (secondary N) is 2. The van der Waals surface area contributed by atoms with Crippen molar-refractivity contribution in [2.45, 2.75) is 38.1 Å². The van der Waals surface area contributed by atoms with Gasteiger partial charge in [0.25, 0.3) is 5.91 Å². The number of ether oxygens (including phenoxy) is 1. The van der Waals surface area contributed by atoms with Crippen LogP contribution in [0.15, 0.2) is 65.7 Å². The highest BCUT2D eigenvalue weighted by Gasteiger charge is 2.34. The molecule has 4 rings (SSSR count). The lowest BCUT2D eigenvalue weighted by atomic mass is 9.99. The molecule has 1 heterocycles. The van der Waals surface area contributed by atoms with Crippen LogP contribution >= 0.6 is 11.6 Å². The van der Waals surface area contributed by atoms with Gasteiger partial charge in [0.2, 0.25) is 5.91 Å². The lowest BCUT2D eigenvalue weighted by Gasteiger charge is -2.36. The summed E-state index contributed by atoms with van der Waals surface area (Å²) in [5, 5.41) is 25.6. The fraction of sp³-hybridized carbons (Fsp3) is 0.300. The number of fused-ring (bicyclic) bond motifs is 1. The predicted octanol–water partition coefficient (Wildman–Crippen LogP) is 2.70. The third-order valence-corrected chi connectivity index (χ3v) is 7.17. The fourth-order valence-electron chi connectivity index (χ4n) is 4.80. The molecular formula is C30H35ClN6O5. The molecule has 0 aliphatic carbocycles. The van der Waals surface area contributed by atoms with Crippen molar-refractivity contribution in [1.29, 1.82) is 0 Å². The van der Waals surface area contributed by atoms with Crippen LogP contribution in [0.25, 0.3) is 0 Å². The number of phenols is 2. The summed E-state index contributed by atoms with van der Waals surface area (Å²) in [4.78, 5) is 32.2. The average molecular weight is 595 g/mol. The first-order valence-electron chi connectivity index (χ1n) is 13.5. The maximum absolute atomic E-state index is 13.0. The molecule has 2 amide bonds. The number of benzene rings is 3. The van der Waals surface area contributed by atoms with E-state index in [0.717, 1.165) is 16.8 Å². The zero-order valence-electron chi connectivity index (χ0n) is 23.4. The monoisotopic (exact) mass is 594 g/mol. The Morgan fingerprint density at radius 1 is 1.10 bits per heavy atom. The zero-order valence-corrected chi connectivity index (χ0v) is 24.1. The number of methoxy groups -OCH3 is 1. The Hall–Kier alpha value is -4.32. The summed E-state index contributed by atoms with van der Waals surface area (Å²) in [5.41, 5.74) is 16.0. The van der Waals surface area contributed by atoms with Gasteiger partial charge in [-0.05, 0) is 55.8 Å². The van der Waals surface area contributed by atoms with E-state index in [2.05, 4.69) is 10.6 Å². The van der Waals surface area contributed by atoms with E-state index in [1.54, 1.807) is 19.2 Å². The van der Waals surface area contributed by atoms with Crippen molar-refractivity contribution in [3.05, 3.63) is 82.4 Å². The Bertz CT molecular complexity index is 1460. The molecule has 222 valence electrons. The van der Waals surface area contributed by atoms with Gasteiger partial charge < -0.3 is 42.0 Å². The van der Waals surface area contributed by atoms with Gasteiger partial charge in [-0.15, -0.1) is 0 Å². The van der Waals surface area contributed by atoms with Gasteiger partial charge in [0.1, 0.15) is 11.9 Å². The Morgan fingerprint density at radius 3 is 2.50 bits per heavy atom. The largest absolute Gasteiger partial charge is 0.504 e. The number of amides is 2. The highest BCUT2D eigenvalue weighted by Crippen LogP contribution is 2.34. The van der Waals surface area contributed by atoms with Crippen molar-refractivity contribution >= 4 is 34.8 Å². The van der Waals surface area contributed by atoms with Crippen molar-refractivity contribution in [2.24, 2.45) is 16.5 Å². The molecule has 0 aromatic heterocycles. The first kappa shape index (κ1) is 30.6. The normalized spacial score (nSPS) is 17.0. The van der Waals surface area contributed by atoms with Gasteiger partial charge in [-0.1, -0.05) is 29.8 Å². The molecular weight excluding hydrogens is 560 g/mol. The molecule has 1 aliphatic rings. The second-order valence-electron chi connectivity index (χ2n) is 9.91. The number of nitrogens with two attached hydrogens (primary N) is 2. The third-order valence-electron chi connectivity index (χ3n) is 6.92. The number of nitrogens with zero attached hydrogens (tertiary/aromatic N) is 2. The van der Waals surface area contributed by atoms with Crippen LogP contribution in [0.2, 0.25) is 5.02 Å². The van der Waals surface area contributed by atoms with Crippen LogP contribution in [0.5, 0.6) is 17.2 Å². The van der Waals surface area contributed by atoms with Crippen LogP contribution in [0.3, 0.4) is 0 Å². The van der Waals surface area contributed by atoms with Crippen molar-refractivity contribution in [1.82, 2.24) is 10.6 Å². The molecule has 0 radical (unpaired) electrons. The molecule has 1 aliphatic heterocycles. The minimum absolute atomic E-state index is 0.00385. The van der Waals surface area contributed by atoms with Gasteiger partial charge in [-0.2, -0.15) is 0 Å². The second kappa shape index (κ2) is 13.6. The molecule has 0 bridgehead atoms. The van der Waals surface area contributed by atoms with Crippen LogP contribution in [0.4, 0.5) is 5.69 Å². The highest BCUT2D eigenvalue weighted by molar-refractivity contribution is 6.30. The van der Waals surface area contributed by atoms with E-state index >= 15 is 0 Å². The Labute approximate surface area is 249 Å². The van der Waals surface area contributed by atoms with E-state index in [-0.39, 0.29) is 36.7 Å². The van der Waals surface area contributed by atoms with Crippen LogP contribution in [-0.4, -0.2) is 66.3 Å². The summed E-state index contributed by atoms with van der Waals surface area (Å²) in [6.07, 6.45) is -0.755. The third kappa shape index (κ3) is 6.93. The van der Waals surface area contributed by atoms with Gasteiger partial charge in [0, 0.05) is 34.9 Å². The number of para-hydroxylation sites is 1. The number of benzodiazepines with no additional fused rings is 1. The minimum Gasteiger partial charge on any atom is -0.504 e. The molecule has 0 spiro atoms. The molecule has 3 aromatic carbocycles. The number of aromatic hydroxyl groups is 2. The molecule has 0 saturated carbocycles. The summed E-state index contributed by atoms with van der Waals surface area (Å²) in [7, 11) is 1.58. The topological polar surface area (TPSA) is 176 Å². The van der Waals surface area contributed by atoms with Crippen molar-refractivity contribution in [3.63, 3.8) is 0 Å². The number of aliphatic imine (C=N–C) groups is 1. The van der Waals surface area contributed by atoms with E-state index in [1.807, 2.05) is 42.2 Å². The van der Waals surface area contributed by atoms with Crippen molar-refractivity contribution in [2.75, 3.05) is 25.1 Å². The minimum atomic E-state index is -0.707. The second-order valence-corrected chi connectivity index (χ2v) is 10.3. The van der Waals surface area contributed by atoms with Gasteiger partial charge in [-0.3, -0.25) is 14.6 Å². The maximum Gasteiger partial charge on any atom is 0.255 e. The number of carbonyl (C=O) groups is 2. The van der Waals surface area contributed by atoms with E-state index in [0.29, 0.717) is 22.9 Å². The molecule has 3 atom stereocenters. The number of phenolic OH excluding ortho intramolecular Hbond substituents is 2. The quantitative estimate of drug-likeness (QED) is 0.153. The van der Waals surface area contributed by atoms with Crippen molar-refractivity contribution in [3.8, 4) is 17.2 Å². The Balaban J connectivity index is 1.48. The van der Waals surface area contributed by atoms with Crippen LogP contribution < -0.4 is 31.7 Å². The van der Waals surface area contributed by atoms with Crippen LogP contribution in [0, 0.1) is 0 Å². The number of hydrogen-bond donors (Lipinski definition) is 6. The summed E-state index contributed by atoms with van der Waals surface area (Å²) in [6.45, 7) is 2.35. The lowest BCUT2D eigenvalue weighted by Crippen LogP contribution is -2.56. The van der Waals surface area contributed by atoms with Gasteiger partial charge in [-0.25, -0.2) is 0 Å². The number of hydrogen-bond acceptors (Lipinski definition) is 9. The molecule has 8 N–H and O–H groups in total.